The number of hydrogen-bond acceptors (Lipinski definition) is 3. The van der Waals surface area contributed by atoms with E-state index in [1.165, 1.54) is 48.3 Å². The van der Waals surface area contributed by atoms with E-state index in [4.69, 9.17) is 11.6 Å². The van der Waals surface area contributed by atoms with Crippen LogP contribution in [-0.2, 0) is 16.4 Å². The summed E-state index contributed by atoms with van der Waals surface area (Å²) in [6.45, 7) is -0.0204. The van der Waals surface area contributed by atoms with Gasteiger partial charge in [0.05, 0.1) is 4.90 Å². The van der Waals surface area contributed by atoms with Crippen molar-refractivity contribution in [2.24, 2.45) is 0 Å². The molecular formula is C16H15ClFNO3S. The van der Waals surface area contributed by atoms with E-state index in [1.807, 2.05) is 0 Å². The number of amides is 1. The maximum absolute atomic E-state index is 13.8. The first kappa shape index (κ1) is 17.4. The van der Waals surface area contributed by atoms with Gasteiger partial charge in [0.25, 0.3) is 5.91 Å². The third-order valence-electron chi connectivity index (χ3n) is 3.31. The Morgan fingerprint density at radius 3 is 2.48 bits per heavy atom. The van der Waals surface area contributed by atoms with Crippen LogP contribution in [0.15, 0.2) is 47.4 Å². The fourth-order valence-corrected chi connectivity index (χ4v) is 2.96. The molecule has 2 aromatic rings. The summed E-state index contributed by atoms with van der Waals surface area (Å²) in [4.78, 5) is 13.8. The Labute approximate surface area is 139 Å². The molecule has 0 spiro atoms. The summed E-state index contributed by atoms with van der Waals surface area (Å²) in [7, 11) is -1.91. The van der Waals surface area contributed by atoms with Crippen LogP contribution >= 0.6 is 11.6 Å². The van der Waals surface area contributed by atoms with Crippen LogP contribution in [0.25, 0.3) is 0 Å². The lowest BCUT2D eigenvalue weighted by atomic mass is 10.1. The largest absolute Gasteiger partial charge is 0.337 e. The van der Waals surface area contributed by atoms with Crippen LogP contribution in [0.5, 0.6) is 0 Å². The summed E-state index contributed by atoms with van der Waals surface area (Å²) in [6, 6.07) is 10.0. The van der Waals surface area contributed by atoms with Crippen LogP contribution in [0.2, 0.25) is 5.02 Å². The number of nitrogens with zero attached hydrogens (tertiary/aromatic N) is 1. The van der Waals surface area contributed by atoms with E-state index in [-0.39, 0.29) is 27.6 Å². The molecule has 0 aromatic heterocycles. The molecule has 2 rings (SSSR count). The second-order valence-electron chi connectivity index (χ2n) is 5.16. The summed E-state index contributed by atoms with van der Waals surface area (Å²) in [5.74, 6) is -0.920. The van der Waals surface area contributed by atoms with Gasteiger partial charge >= 0.3 is 0 Å². The Morgan fingerprint density at radius 2 is 1.87 bits per heavy atom. The van der Waals surface area contributed by atoms with Gasteiger partial charge in [0, 0.05) is 36.0 Å². The summed E-state index contributed by atoms with van der Waals surface area (Å²) in [6.07, 6.45) is 1.07. The molecule has 23 heavy (non-hydrogen) atoms. The molecule has 0 bridgehead atoms. The molecule has 7 heteroatoms. The van der Waals surface area contributed by atoms with Crippen LogP contribution in [0, 0.1) is 5.82 Å². The average Bonchev–Trinajstić information content (AvgIpc) is 2.49. The van der Waals surface area contributed by atoms with Crippen LogP contribution in [-0.4, -0.2) is 32.5 Å². The minimum Gasteiger partial charge on any atom is -0.337 e. The van der Waals surface area contributed by atoms with Gasteiger partial charge < -0.3 is 4.90 Å². The maximum atomic E-state index is 13.8. The molecular weight excluding hydrogens is 341 g/mol. The van der Waals surface area contributed by atoms with E-state index in [2.05, 4.69) is 0 Å². The molecule has 122 valence electrons. The lowest BCUT2D eigenvalue weighted by molar-refractivity contribution is 0.0783. The predicted molar refractivity (Wildman–Crippen MR) is 86.8 cm³/mol. The molecule has 4 nitrogen and oxygen atoms in total. The minimum atomic E-state index is -3.41. The molecule has 0 aliphatic heterocycles. The van der Waals surface area contributed by atoms with Crippen molar-refractivity contribution in [3.05, 3.63) is 64.4 Å². The number of rotatable bonds is 4. The van der Waals surface area contributed by atoms with Crippen molar-refractivity contribution in [3.63, 3.8) is 0 Å². The number of benzene rings is 2. The molecule has 0 fully saturated rings. The minimum absolute atomic E-state index is 0.0204. The smallest absolute Gasteiger partial charge is 0.253 e. The lowest BCUT2D eigenvalue weighted by Gasteiger charge is -2.18. The third-order valence-corrected chi connectivity index (χ3v) is 4.78. The summed E-state index contributed by atoms with van der Waals surface area (Å²) in [5, 5.41) is 0.231. The highest BCUT2D eigenvalue weighted by Gasteiger charge is 2.17. The van der Waals surface area contributed by atoms with Gasteiger partial charge in [0.15, 0.2) is 9.84 Å². The second-order valence-corrected chi connectivity index (χ2v) is 7.58. The molecule has 0 aliphatic rings. The third kappa shape index (κ3) is 4.09. The van der Waals surface area contributed by atoms with E-state index in [0.29, 0.717) is 0 Å². The van der Waals surface area contributed by atoms with E-state index in [0.717, 1.165) is 6.26 Å². The van der Waals surface area contributed by atoms with Crippen LogP contribution in [0.1, 0.15) is 15.9 Å². The van der Waals surface area contributed by atoms with Gasteiger partial charge in [-0.15, -0.1) is 0 Å². The van der Waals surface area contributed by atoms with Crippen molar-refractivity contribution in [2.75, 3.05) is 13.3 Å². The Bertz CT molecular complexity index is 832. The number of carbonyl (C=O) groups is 1. The quantitative estimate of drug-likeness (QED) is 0.846. The standard InChI is InChI=1S/C16H15ClFNO3S/c1-19(10-13-14(17)7-4-8-15(13)18)16(20)11-5-3-6-12(9-11)23(2,21)22/h3-9H,10H2,1-2H3. The SMILES string of the molecule is CN(Cc1c(F)cccc1Cl)C(=O)c1cccc(S(C)(=O)=O)c1. The molecule has 0 saturated carbocycles. The van der Waals surface area contributed by atoms with Gasteiger partial charge in [0.1, 0.15) is 5.82 Å². The maximum Gasteiger partial charge on any atom is 0.253 e. The van der Waals surface area contributed by atoms with Crippen molar-refractivity contribution in [1.29, 1.82) is 0 Å². The first-order valence-corrected chi connectivity index (χ1v) is 8.95. The van der Waals surface area contributed by atoms with Gasteiger partial charge in [-0.3, -0.25) is 4.79 Å². The molecule has 0 atom stereocenters. The molecule has 1 amide bonds. The van der Waals surface area contributed by atoms with Gasteiger partial charge in [-0.25, -0.2) is 12.8 Å². The van der Waals surface area contributed by atoms with Crippen LogP contribution < -0.4 is 0 Å². The molecule has 0 saturated heterocycles. The summed E-state index contributed by atoms with van der Waals surface area (Å²) >= 11 is 5.95. The highest BCUT2D eigenvalue weighted by molar-refractivity contribution is 7.90. The highest BCUT2D eigenvalue weighted by atomic mass is 35.5. The molecule has 0 radical (unpaired) electrons. The first-order valence-electron chi connectivity index (χ1n) is 6.68. The van der Waals surface area contributed by atoms with E-state index < -0.39 is 21.6 Å². The van der Waals surface area contributed by atoms with Gasteiger partial charge in [0.2, 0.25) is 0 Å². The average molecular weight is 356 g/mol. The van der Waals surface area contributed by atoms with Crippen LogP contribution in [0.3, 0.4) is 0 Å². The molecule has 2 aromatic carbocycles. The van der Waals surface area contributed by atoms with Crippen molar-refractivity contribution >= 4 is 27.3 Å². The van der Waals surface area contributed by atoms with Crippen molar-refractivity contribution in [3.8, 4) is 0 Å². The zero-order valence-electron chi connectivity index (χ0n) is 12.6. The first-order chi connectivity index (χ1) is 10.7. The van der Waals surface area contributed by atoms with E-state index in [9.17, 15) is 17.6 Å². The van der Waals surface area contributed by atoms with Gasteiger partial charge in [-0.05, 0) is 30.3 Å². The number of sulfone groups is 1. The number of carbonyl (C=O) groups excluding carboxylic acids is 1. The van der Waals surface area contributed by atoms with Crippen molar-refractivity contribution in [1.82, 2.24) is 4.90 Å². The summed E-state index contributed by atoms with van der Waals surface area (Å²) < 4.78 is 36.9. The zero-order chi connectivity index (χ0) is 17.2. The Balaban J connectivity index is 2.27. The van der Waals surface area contributed by atoms with E-state index >= 15 is 0 Å². The summed E-state index contributed by atoms with van der Waals surface area (Å²) in [5.41, 5.74) is 0.423. The Hall–Kier alpha value is -1.92. The molecule has 0 aliphatic carbocycles. The second kappa shape index (κ2) is 6.68. The number of hydrogen-bond donors (Lipinski definition) is 0. The topological polar surface area (TPSA) is 54.5 Å². The normalized spacial score (nSPS) is 11.3. The van der Waals surface area contributed by atoms with Crippen molar-refractivity contribution in [2.45, 2.75) is 11.4 Å². The monoisotopic (exact) mass is 355 g/mol. The van der Waals surface area contributed by atoms with Crippen LogP contribution in [0.4, 0.5) is 4.39 Å². The Morgan fingerprint density at radius 1 is 1.22 bits per heavy atom. The fraction of sp³-hybridized carbons (Fsp3) is 0.188. The zero-order valence-corrected chi connectivity index (χ0v) is 14.2. The molecule has 0 N–H and O–H groups in total. The fourth-order valence-electron chi connectivity index (χ4n) is 2.07. The van der Waals surface area contributed by atoms with Crippen molar-refractivity contribution < 1.29 is 17.6 Å². The van der Waals surface area contributed by atoms with Gasteiger partial charge in [-0.1, -0.05) is 23.7 Å². The van der Waals surface area contributed by atoms with E-state index in [1.54, 1.807) is 6.07 Å². The van der Waals surface area contributed by atoms with Gasteiger partial charge in [-0.2, -0.15) is 0 Å². The molecule has 0 heterocycles. The molecule has 0 unspecified atom stereocenters. The predicted octanol–water partition coefficient (Wildman–Crippen LogP) is 3.15. The Kier molecular flexibility index (Phi) is 5.06. The lowest BCUT2D eigenvalue weighted by Crippen LogP contribution is -2.27. The number of halogens is 2. The highest BCUT2D eigenvalue weighted by Crippen LogP contribution is 2.21.